The van der Waals surface area contributed by atoms with Crippen LogP contribution in [0.25, 0.3) is 5.76 Å². The van der Waals surface area contributed by atoms with E-state index in [1.165, 1.54) is 0 Å². The number of hydrogen-bond acceptors (Lipinski definition) is 5. The first-order valence-corrected chi connectivity index (χ1v) is 10.0. The Bertz CT molecular complexity index is 1230. The second-order valence-electron chi connectivity index (χ2n) is 6.87. The third-order valence-electron chi connectivity index (χ3n) is 4.60. The van der Waals surface area contributed by atoms with Crippen molar-refractivity contribution < 1.29 is 14.6 Å². The molecule has 0 amide bonds. The van der Waals surface area contributed by atoms with Gasteiger partial charge in [0, 0.05) is 11.1 Å². The molecule has 0 radical (unpaired) electrons. The monoisotopic (exact) mass is 420 g/mol. The van der Waals surface area contributed by atoms with Gasteiger partial charge < -0.3 is 9.84 Å². The van der Waals surface area contributed by atoms with Crippen LogP contribution in [0.2, 0.25) is 0 Å². The molecule has 0 aliphatic carbocycles. The second-order valence-corrected chi connectivity index (χ2v) is 6.87. The van der Waals surface area contributed by atoms with E-state index < -0.39 is 5.78 Å². The van der Waals surface area contributed by atoms with Gasteiger partial charge in [0.1, 0.15) is 11.5 Å². The van der Waals surface area contributed by atoms with Crippen molar-refractivity contribution in [2.45, 2.75) is 0 Å². The number of allylic oxidation sites excluding steroid dienone is 1. The van der Waals surface area contributed by atoms with Crippen LogP contribution in [0.1, 0.15) is 15.9 Å². The third kappa shape index (κ3) is 5.15. The van der Waals surface area contributed by atoms with Crippen molar-refractivity contribution in [2.75, 3.05) is 0 Å². The van der Waals surface area contributed by atoms with Gasteiger partial charge in [-0.05, 0) is 36.4 Å². The molecule has 0 aliphatic rings. The van der Waals surface area contributed by atoms with Crippen molar-refractivity contribution in [3.05, 3.63) is 132 Å². The molecule has 0 aliphatic heterocycles. The predicted molar refractivity (Wildman–Crippen MR) is 124 cm³/mol. The molecule has 0 heterocycles. The molecule has 0 atom stereocenters. The van der Waals surface area contributed by atoms with E-state index in [0.717, 1.165) is 5.75 Å². The van der Waals surface area contributed by atoms with E-state index in [1.807, 2.05) is 42.5 Å². The fraction of sp³-hybridized carbons (Fsp3) is 0. The van der Waals surface area contributed by atoms with Gasteiger partial charge in [0.05, 0.1) is 5.69 Å². The summed E-state index contributed by atoms with van der Waals surface area (Å²) in [7, 11) is 0. The van der Waals surface area contributed by atoms with Gasteiger partial charge in [0.2, 0.25) is 5.78 Å². The van der Waals surface area contributed by atoms with Gasteiger partial charge >= 0.3 is 0 Å². The van der Waals surface area contributed by atoms with Crippen LogP contribution in [0.5, 0.6) is 11.5 Å². The lowest BCUT2D eigenvalue weighted by atomic mass is 10.1. The van der Waals surface area contributed by atoms with Crippen LogP contribution in [-0.4, -0.2) is 10.9 Å². The fourth-order valence-corrected chi connectivity index (χ4v) is 2.97. The van der Waals surface area contributed by atoms with E-state index in [9.17, 15) is 9.90 Å². The van der Waals surface area contributed by atoms with Crippen LogP contribution in [0.4, 0.5) is 5.69 Å². The van der Waals surface area contributed by atoms with Crippen molar-refractivity contribution in [2.24, 2.45) is 10.2 Å². The number of nitrogens with zero attached hydrogens (tertiary/aromatic N) is 2. The number of ketones is 1. The zero-order valence-electron chi connectivity index (χ0n) is 17.1. The summed E-state index contributed by atoms with van der Waals surface area (Å²) in [5, 5.41) is 19.1. The highest BCUT2D eigenvalue weighted by Gasteiger charge is 2.18. The topological polar surface area (TPSA) is 71.2 Å². The second kappa shape index (κ2) is 10.00. The Hall–Kier alpha value is -4.51. The maximum absolute atomic E-state index is 13.0. The van der Waals surface area contributed by atoms with Crippen molar-refractivity contribution in [1.82, 2.24) is 0 Å². The van der Waals surface area contributed by atoms with Crippen LogP contribution in [0.3, 0.4) is 0 Å². The number of hydrogen-bond donors (Lipinski definition) is 1. The van der Waals surface area contributed by atoms with Gasteiger partial charge in [-0.25, -0.2) is 0 Å². The lowest BCUT2D eigenvalue weighted by Gasteiger charge is -2.07. The summed E-state index contributed by atoms with van der Waals surface area (Å²) in [4.78, 5) is 13.0. The molecular formula is C27H20N2O3. The maximum atomic E-state index is 13.0. The van der Waals surface area contributed by atoms with E-state index in [4.69, 9.17) is 4.74 Å². The van der Waals surface area contributed by atoms with Gasteiger partial charge in [-0.3, -0.25) is 4.79 Å². The summed E-state index contributed by atoms with van der Waals surface area (Å²) < 4.78 is 5.78. The Balaban J connectivity index is 1.61. The molecule has 0 unspecified atom stereocenters. The van der Waals surface area contributed by atoms with E-state index in [2.05, 4.69) is 10.2 Å². The van der Waals surface area contributed by atoms with Crippen molar-refractivity contribution in [3.8, 4) is 11.5 Å². The van der Waals surface area contributed by atoms with E-state index in [0.29, 0.717) is 22.6 Å². The lowest BCUT2D eigenvalue weighted by Crippen LogP contribution is -2.04. The standard InChI is InChI=1S/C27H20N2O3/c30-26(20-10-4-1-5-11-20)25(27(31)21-12-6-2-7-13-21)29-28-22-16-18-24(19-17-22)32-23-14-8-3-9-15-23/h1-19,30H/b26-25-,29-28?. The molecule has 0 spiro atoms. The first kappa shape index (κ1) is 20.8. The molecule has 0 saturated heterocycles. The number of Topliss-reactive ketones (excluding diaryl/α,β-unsaturated/α-hetero) is 1. The van der Waals surface area contributed by atoms with Crippen LogP contribution in [-0.2, 0) is 0 Å². The lowest BCUT2D eigenvalue weighted by molar-refractivity contribution is 0.103. The summed E-state index contributed by atoms with van der Waals surface area (Å²) in [6, 6.07) is 33.9. The summed E-state index contributed by atoms with van der Waals surface area (Å²) in [5.41, 5.74) is 1.28. The number of azo groups is 1. The predicted octanol–water partition coefficient (Wildman–Crippen LogP) is 7.37. The van der Waals surface area contributed by atoms with E-state index in [1.54, 1.807) is 72.8 Å². The first-order valence-electron chi connectivity index (χ1n) is 10.0. The summed E-state index contributed by atoms with van der Waals surface area (Å²) in [6.07, 6.45) is 0. The Labute approximate surface area is 186 Å². The zero-order chi connectivity index (χ0) is 22.2. The van der Waals surface area contributed by atoms with Gasteiger partial charge in [-0.2, -0.15) is 5.11 Å². The van der Waals surface area contributed by atoms with Gasteiger partial charge in [0.15, 0.2) is 11.5 Å². The molecule has 5 nitrogen and oxygen atoms in total. The molecule has 4 aromatic rings. The smallest absolute Gasteiger partial charge is 0.217 e. The minimum atomic E-state index is -0.417. The number of aliphatic hydroxyl groups excluding tert-OH is 1. The van der Waals surface area contributed by atoms with Gasteiger partial charge in [-0.15, -0.1) is 5.11 Å². The molecule has 32 heavy (non-hydrogen) atoms. The van der Waals surface area contributed by atoms with Gasteiger partial charge in [-0.1, -0.05) is 78.9 Å². The molecular weight excluding hydrogens is 400 g/mol. The van der Waals surface area contributed by atoms with Crippen LogP contribution < -0.4 is 4.74 Å². The van der Waals surface area contributed by atoms with Crippen LogP contribution in [0.15, 0.2) is 131 Å². The van der Waals surface area contributed by atoms with Crippen LogP contribution >= 0.6 is 0 Å². The van der Waals surface area contributed by atoms with Crippen molar-refractivity contribution in [3.63, 3.8) is 0 Å². The summed E-state index contributed by atoms with van der Waals surface area (Å²) >= 11 is 0. The summed E-state index contributed by atoms with van der Waals surface area (Å²) in [6.45, 7) is 0. The average molecular weight is 420 g/mol. The molecule has 0 saturated carbocycles. The number of para-hydroxylation sites is 1. The molecule has 4 rings (SSSR count). The number of rotatable bonds is 7. The van der Waals surface area contributed by atoms with E-state index in [-0.39, 0.29) is 11.5 Å². The van der Waals surface area contributed by atoms with Crippen molar-refractivity contribution in [1.29, 1.82) is 0 Å². The SMILES string of the molecule is O=C(/C(N=Nc1ccc(Oc2ccccc2)cc1)=C(/O)c1ccccc1)c1ccccc1. The summed E-state index contributed by atoms with van der Waals surface area (Å²) in [5.74, 6) is 0.735. The highest BCUT2D eigenvalue weighted by molar-refractivity contribution is 6.12. The Morgan fingerprint density at radius 3 is 1.72 bits per heavy atom. The number of carbonyl (C=O) groups excluding carboxylic acids is 1. The highest BCUT2D eigenvalue weighted by atomic mass is 16.5. The molecule has 0 bridgehead atoms. The maximum Gasteiger partial charge on any atom is 0.217 e. The zero-order valence-corrected chi connectivity index (χ0v) is 17.1. The molecule has 0 fully saturated rings. The fourth-order valence-electron chi connectivity index (χ4n) is 2.97. The Kier molecular flexibility index (Phi) is 6.48. The molecule has 156 valence electrons. The minimum absolute atomic E-state index is 0.132. The minimum Gasteiger partial charge on any atom is -0.505 e. The number of carbonyl (C=O) groups is 1. The number of aliphatic hydroxyl groups is 1. The van der Waals surface area contributed by atoms with Crippen molar-refractivity contribution >= 4 is 17.2 Å². The van der Waals surface area contributed by atoms with Crippen LogP contribution in [0, 0.1) is 0 Å². The largest absolute Gasteiger partial charge is 0.505 e. The third-order valence-corrected chi connectivity index (χ3v) is 4.60. The average Bonchev–Trinajstić information content (AvgIpc) is 2.86. The quantitative estimate of drug-likeness (QED) is 0.147. The number of ether oxygens (including phenoxy) is 1. The van der Waals surface area contributed by atoms with Gasteiger partial charge in [0.25, 0.3) is 0 Å². The van der Waals surface area contributed by atoms with E-state index >= 15 is 0 Å². The molecule has 5 heteroatoms. The highest BCUT2D eigenvalue weighted by Crippen LogP contribution is 2.26. The Morgan fingerprint density at radius 2 is 1.12 bits per heavy atom. The number of benzene rings is 4. The first-order chi connectivity index (χ1) is 15.7. The molecule has 4 aromatic carbocycles. The Morgan fingerprint density at radius 1 is 0.625 bits per heavy atom. The molecule has 1 N–H and O–H groups in total. The molecule has 0 aromatic heterocycles. The normalized spacial score (nSPS) is 11.8.